The number of carbonyl (C=O) groups excluding carboxylic acids is 2. The van der Waals surface area contributed by atoms with E-state index < -0.39 is 12.1 Å². The topological polar surface area (TPSA) is 61.4 Å². The summed E-state index contributed by atoms with van der Waals surface area (Å²) >= 11 is 0. The zero-order valence-electron chi connectivity index (χ0n) is 14.0. The molecule has 0 bridgehead atoms. The molecule has 3 amide bonds. The van der Waals surface area contributed by atoms with Gasteiger partial charge in [-0.3, -0.25) is 4.79 Å². The lowest BCUT2D eigenvalue weighted by Crippen LogP contribution is -2.43. The predicted molar refractivity (Wildman–Crippen MR) is 93.6 cm³/mol. The van der Waals surface area contributed by atoms with E-state index in [1.54, 1.807) is 11.8 Å². The smallest absolute Gasteiger partial charge is 0.319 e. The summed E-state index contributed by atoms with van der Waals surface area (Å²) in [6, 6.07) is 12.9. The van der Waals surface area contributed by atoms with Crippen molar-refractivity contribution in [2.24, 2.45) is 0 Å². The molecule has 2 aromatic rings. The molecular formula is C19H20FN3O2. The lowest BCUT2D eigenvalue weighted by molar-refractivity contribution is -0.129. The zero-order chi connectivity index (χ0) is 17.8. The Hall–Kier alpha value is -2.89. The van der Waals surface area contributed by atoms with Gasteiger partial charge in [0.1, 0.15) is 11.9 Å². The van der Waals surface area contributed by atoms with E-state index in [0.717, 1.165) is 5.56 Å². The van der Waals surface area contributed by atoms with Crippen LogP contribution in [0.15, 0.2) is 48.5 Å². The normalized spacial score (nSPS) is 16.8. The van der Waals surface area contributed by atoms with Crippen molar-refractivity contribution in [2.45, 2.75) is 25.9 Å². The molecule has 130 valence electrons. The van der Waals surface area contributed by atoms with E-state index in [1.807, 2.05) is 30.3 Å². The van der Waals surface area contributed by atoms with Gasteiger partial charge in [-0.25, -0.2) is 9.18 Å². The zero-order valence-corrected chi connectivity index (χ0v) is 14.0. The number of nitrogens with one attached hydrogen (secondary N) is 2. The van der Waals surface area contributed by atoms with Crippen LogP contribution in [0.1, 0.15) is 17.5 Å². The molecule has 5 nitrogen and oxygen atoms in total. The highest BCUT2D eigenvalue weighted by Crippen LogP contribution is 2.17. The van der Waals surface area contributed by atoms with Gasteiger partial charge in [0, 0.05) is 18.8 Å². The van der Waals surface area contributed by atoms with Crippen LogP contribution in [0.3, 0.4) is 0 Å². The molecule has 1 heterocycles. The maximum atomic E-state index is 13.1. The SMILES string of the molecule is Cc1cc(F)ccc1NC(=O)NC1CCN(Cc2ccccc2)C1=O. The van der Waals surface area contributed by atoms with Gasteiger partial charge < -0.3 is 15.5 Å². The van der Waals surface area contributed by atoms with Crippen LogP contribution in [-0.4, -0.2) is 29.4 Å². The lowest BCUT2D eigenvalue weighted by Gasteiger charge is -2.17. The average Bonchev–Trinajstić information content (AvgIpc) is 2.92. The lowest BCUT2D eigenvalue weighted by atomic mass is 10.2. The van der Waals surface area contributed by atoms with E-state index in [2.05, 4.69) is 10.6 Å². The Morgan fingerprint density at radius 2 is 2.00 bits per heavy atom. The van der Waals surface area contributed by atoms with E-state index in [0.29, 0.717) is 30.8 Å². The standard InChI is InChI=1S/C19H20FN3O2/c1-13-11-15(20)7-8-16(13)21-19(25)22-17-9-10-23(18(17)24)12-14-5-3-2-4-6-14/h2-8,11,17H,9-10,12H2,1H3,(H2,21,22,25). The number of aryl methyl sites for hydroxylation is 1. The van der Waals surface area contributed by atoms with Crippen LogP contribution >= 0.6 is 0 Å². The van der Waals surface area contributed by atoms with Crippen LogP contribution < -0.4 is 10.6 Å². The second-order valence-electron chi connectivity index (χ2n) is 6.14. The molecule has 2 aromatic carbocycles. The fraction of sp³-hybridized carbons (Fsp3) is 0.263. The molecule has 6 heteroatoms. The van der Waals surface area contributed by atoms with Crippen LogP contribution in [-0.2, 0) is 11.3 Å². The molecule has 0 aliphatic carbocycles. The van der Waals surface area contributed by atoms with Gasteiger partial charge in [-0.1, -0.05) is 30.3 Å². The second-order valence-corrected chi connectivity index (χ2v) is 6.14. The highest BCUT2D eigenvalue weighted by Gasteiger charge is 2.32. The number of anilines is 1. The molecule has 0 aromatic heterocycles. The first-order valence-electron chi connectivity index (χ1n) is 8.19. The van der Waals surface area contributed by atoms with Gasteiger partial charge in [-0.05, 0) is 42.7 Å². The third kappa shape index (κ3) is 4.15. The summed E-state index contributed by atoms with van der Waals surface area (Å²) in [4.78, 5) is 26.3. The molecule has 1 fully saturated rings. The Morgan fingerprint density at radius 1 is 1.24 bits per heavy atom. The summed E-state index contributed by atoms with van der Waals surface area (Å²) in [6.07, 6.45) is 0.571. The summed E-state index contributed by atoms with van der Waals surface area (Å²) in [5.41, 5.74) is 2.20. The first-order chi connectivity index (χ1) is 12.0. The quantitative estimate of drug-likeness (QED) is 0.898. The number of nitrogens with zero attached hydrogens (tertiary/aromatic N) is 1. The number of hydrogen-bond donors (Lipinski definition) is 2. The number of rotatable bonds is 4. The Labute approximate surface area is 145 Å². The first kappa shape index (κ1) is 17.0. The second kappa shape index (κ2) is 7.34. The van der Waals surface area contributed by atoms with Gasteiger partial charge in [0.15, 0.2) is 0 Å². The van der Waals surface area contributed by atoms with Gasteiger partial charge >= 0.3 is 6.03 Å². The number of halogens is 1. The number of benzene rings is 2. The van der Waals surface area contributed by atoms with E-state index >= 15 is 0 Å². The van der Waals surface area contributed by atoms with Gasteiger partial charge in [0.25, 0.3) is 0 Å². The minimum atomic E-state index is -0.538. The van der Waals surface area contributed by atoms with Crippen molar-refractivity contribution >= 4 is 17.6 Å². The number of carbonyl (C=O) groups is 2. The maximum absolute atomic E-state index is 13.1. The minimum absolute atomic E-state index is 0.0881. The Bertz CT molecular complexity index is 779. The van der Waals surface area contributed by atoms with Crippen molar-refractivity contribution in [1.29, 1.82) is 0 Å². The number of urea groups is 1. The molecule has 1 saturated heterocycles. The van der Waals surface area contributed by atoms with Gasteiger partial charge in [0.2, 0.25) is 5.91 Å². The van der Waals surface area contributed by atoms with Crippen molar-refractivity contribution in [3.8, 4) is 0 Å². The monoisotopic (exact) mass is 341 g/mol. The van der Waals surface area contributed by atoms with Crippen LogP contribution in [0.25, 0.3) is 0 Å². The third-order valence-corrected chi connectivity index (χ3v) is 4.26. The van der Waals surface area contributed by atoms with E-state index in [4.69, 9.17) is 0 Å². The molecular weight excluding hydrogens is 321 g/mol. The Balaban J connectivity index is 1.56. The molecule has 1 unspecified atom stereocenters. The first-order valence-corrected chi connectivity index (χ1v) is 8.19. The molecule has 25 heavy (non-hydrogen) atoms. The fourth-order valence-electron chi connectivity index (χ4n) is 2.92. The van der Waals surface area contributed by atoms with Crippen LogP contribution in [0.4, 0.5) is 14.9 Å². The Kier molecular flexibility index (Phi) is 4.97. The third-order valence-electron chi connectivity index (χ3n) is 4.26. The van der Waals surface area contributed by atoms with Gasteiger partial charge in [-0.15, -0.1) is 0 Å². The molecule has 0 spiro atoms. The molecule has 0 radical (unpaired) electrons. The van der Waals surface area contributed by atoms with Gasteiger partial charge in [0.05, 0.1) is 0 Å². The van der Waals surface area contributed by atoms with Crippen molar-refractivity contribution in [3.05, 3.63) is 65.5 Å². The van der Waals surface area contributed by atoms with Crippen molar-refractivity contribution < 1.29 is 14.0 Å². The van der Waals surface area contributed by atoms with Crippen LogP contribution in [0.5, 0.6) is 0 Å². The molecule has 1 aliphatic heterocycles. The Morgan fingerprint density at radius 3 is 2.72 bits per heavy atom. The molecule has 3 rings (SSSR count). The number of amides is 3. The fourth-order valence-corrected chi connectivity index (χ4v) is 2.92. The average molecular weight is 341 g/mol. The largest absolute Gasteiger partial charge is 0.336 e. The summed E-state index contributed by atoms with van der Waals surface area (Å²) in [7, 11) is 0. The van der Waals surface area contributed by atoms with Crippen LogP contribution in [0, 0.1) is 12.7 Å². The molecule has 1 aliphatic rings. The molecule has 2 N–H and O–H groups in total. The maximum Gasteiger partial charge on any atom is 0.319 e. The predicted octanol–water partition coefficient (Wildman–Crippen LogP) is 3.06. The van der Waals surface area contributed by atoms with Crippen LogP contribution in [0.2, 0.25) is 0 Å². The minimum Gasteiger partial charge on any atom is -0.336 e. The summed E-state index contributed by atoms with van der Waals surface area (Å²) in [5, 5.41) is 5.36. The van der Waals surface area contributed by atoms with Crippen molar-refractivity contribution in [1.82, 2.24) is 10.2 Å². The summed E-state index contributed by atoms with van der Waals surface area (Å²) in [5.74, 6) is -0.444. The van der Waals surface area contributed by atoms with E-state index in [1.165, 1.54) is 18.2 Å². The summed E-state index contributed by atoms with van der Waals surface area (Å²) in [6.45, 7) is 2.85. The summed E-state index contributed by atoms with van der Waals surface area (Å²) < 4.78 is 13.1. The highest BCUT2D eigenvalue weighted by atomic mass is 19.1. The van der Waals surface area contributed by atoms with Crippen molar-refractivity contribution in [2.75, 3.05) is 11.9 Å². The number of hydrogen-bond acceptors (Lipinski definition) is 2. The number of likely N-dealkylation sites (tertiary alicyclic amines) is 1. The van der Waals surface area contributed by atoms with E-state index in [9.17, 15) is 14.0 Å². The van der Waals surface area contributed by atoms with Gasteiger partial charge in [-0.2, -0.15) is 0 Å². The van der Waals surface area contributed by atoms with E-state index in [-0.39, 0.29) is 11.7 Å². The molecule has 0 saturated carbocycles. The molecule has 1 atom stereocenters. The highest BCUT2D eigenvalue weighted by molar-refractivity contribution is 5.94. The van der Waals surface area contributed by atoms with Crippen molar-refractivity contribution in [3.63, 3.8) is 0 Å².